The molecule has 0 bridgehead atoms. The average molecular weight is 450 g/mol. The number of ether oxygens (including phenoxy) is 2. The van der Waals surface area contributed by atoms with Gasteiger partial charge in [0.05, 0.1) is 11.3 Å². The zero-order chi connectivity index (χ0) is 23.2. The number of aliphatic hydroxyl groups excluding tert-OH is 1. The first-order valence-corrected chi connectivity index (χ1v) is 10.7. The quantitative estimate of drug-likeness (QED) is 0.279. The number of rotatable bonds is 3. The molecule has 1 N–H and O–H groups in total. The molecule has 1 atom stereocenters. The molecule has 2 aliphatic heterocycles. The number of hydrogen-bond donors (Lipinski definition) is 1. The summed E-state index contributed by atoms with van der Waals surface area (Å²) >= 11 is 0. The van der Waals surface area contributed by atoms with Crippen molar-refractivity contribution in [3.8, 4) is 11.5 Å². The van der Waals surface area contributed by atoms with Gasteiger partial charge in [0.25, 0.3) is 11.7 Å². The Balaban J connectivity index is 1.54. The third-order valence-electron chi connectivity index (χ3n) is 6.07. The number of carbonyl (C=O) groups excluding carboxylic acids is 2. The van der Waals surface area contributed by atoms with E-state index in [1.54, 1.807) is 54.7 Å². The molecule has 2 aliphatic rings. The summed E-state index contributed by atoms with van der Waals surface area (Å²) < 4.78 is 10.8. The number of hydrogen-bond acceptors (Lipinski definition) is 6. The Morgan fingerprint density at radius 3 is 2.50 bits per heavy atom. The zero-order valence-corrected chi connectivity index (χ0v) is 17.8. The third kappa shape index (κ3) is 3.09. The molecule has 0 aliphatic carbocycles. The molecule has 6 rings (SSSR count). The second kappa shape index (κ2) is 7.74. The Kier molecular flexibility index (Phi) is 4.55. The van der Waals surface area contributed by atoms with Crippen LogP contribution in [-0.2, 0) is 9.59 Å². The standard InChI is InChI=1S/C27H18N2O5/c30-25(18-9-8-16-5-1-2-6-17(16)13-18)23-24(20-7-3-4-12-28-20)29(27(32)26(23)31)19-10-11-21-22(14-19)34-15-33-21/h1-14,24,30H,15H2/b25-23-. The van der Waals surface area contributed by atoms with Crippen LogP contribution in [0.1, 0.15) is 17.3 Å². The summed E-state index contributed by atoms with van der Waals surface area (Å²) in [5.74, 6) is -0.738. The Bertz CT molecular complexity index is 1500. The van der Waals surface area contributed by atoms with E-state index >= 15 is 0 Å². The fourth-order valence-electron chi connectivity index (χ4n) is 4.44. The van der Waals surface area contributed by atoms with Crippen molar-refractivity contribution < 1.29 is 24.2 Å². The highest BCUT2D eigenvalue weighted by Crippen LogP contribution is 2.44. The van der Waals surface area contributed by atoms with E-state index in [2.05, 4.69) is 4.98 Å². The van der Waals surface area contributed by atoms with Gasteiger partial charge in [0.2, 0.25) is 6.79 Å². The highest BCUT2D eigenvalue weighted by atomic mass is 16.7. The number of aliphatic hydroxyl groups is 1. The van der Waals surface area contributed by atoms with Gasteiger partial charge >= 0.3 is 0 Å². The zero-order valence-electron chi connectivity index (χ0n) is 17.8. The lowest BCUT2D eigenvalue weighted by Gasteiger charge is -2.24. The topological polar surface area (TPSA) is 89.0 Å². The number of anilines is 1. The van der Waals surface area contributed by atoms with Crippen LogP contribution >= 0.6 is 0 Å². The molecule has 0 spiro atoms. The summed E-state index contributed by atoms with van der Waals surface area (Å²) in [6.07, 6.45) is 1.59. The number of amides is 1. The second-order valence-corrected chi connectivity index (χ2v) is 8.02. The second-order valence-electron chi connectivity index (χ2n) is 8.02. The van der Waals surface area contributed by atoms with Crippen LogP contribution in [0.2, 0.25) is 0 Å². The van der Waals surface area contributed by atoms with E-state index in [9.17, 15) is 14.7 Å². The summed E-state index contributed by atoms with van der Waals surface area (Å²) in [5.41, 5.74) is 1.33. The fraction of sp³-hybridized carbons (Fsp3) is 0.0741. The first kappa shape index (κ1) is 20.0. The molecule has 7 nitrogen and oxygen atoms in total. The highest BCUT2D eigenvalue weighted by molar-refractivity contribution is 6.51. The molecular formula is C27H18N2O5. The Hall–Kier alpha value is -4.65. The van der Waals surface area contributed by atoms with Crippen molar-refractivity contribution in [2.24, 2.45) is 0 Å². The Labute approximate surface area is 194 Å². The largest absolute Gasteiger partial charge is 0.507 e. The number of aromatic nitrogens is 1. The molecule has 4 aromatic rings. The smallest absolute Gasteiger partial charge is 0.300 e. The average Bonchev–Trinajstić information content (AvgIpc) is 3.45. The van der Waals surface area contributed by atoms with Crippen molar-refractivity contribution in [2.75, 3.05) is 11.7 Å². The van der Waals surface area contributed by atoms with Crippen LogP contribution in [0, 0.1) is 0 Å². The van der Waals surface area contributed by atoms with Crippen molar-refractivity contribution in [1.82, 2.24) is 4.98 Å². The minimum atomic E-state index is -0.909. The number of carbonyl (C=O) groups is 2. The van der Waals surface area contributed by atoms with Gasteiger partial charge in [0, 0.05) is 23.5 Å². The number of nitrogens with zero attached hydrogens (tertiary/aromatic N) is 2. The first-order chi connectivity index (χ1) is 16.6. The third-order valence-corrected chi connectivity index (χ3v) is 6.07. The SMILES string of the molecule is O=C1C(=O)N(c2ccc3c(c2)OCO3)C(c2ccccn2)/C1=C(/O)c1ccc2ccccc2c1. The lowest BCUT2D eigenvalue weighted by molar-refractivity contribution is -0.132. The molecule has 7 heteroatoms. The van der Waals surface area contributed by atoms with Crippen LogP contribution in [-0.4, -0.2) is 28.6 Å². The maximum atomic E-state index is 13.3. The molecule has 34 heavy (non-hydrogen) atoms. The minimum Gasteiger partial charge on any atom is -0.507 e. The fourth-order valence-corrected chi connectivity index (χ4v) is 4.44. The number of ketones is 1. The van der Waals surface area contributed by atoms with Gasteiger partial charge in [-0.3, -0.25) is 19.5 Å². The van der Waals surface area contributed by atoms with Gasteiger partial charge in [-0.05, 0) is 41.1 Å². The van der Waals surface area contributed by atoms with Crippen molar-refractivity contribution in [1.29, 1.82) is 0 Å². The molecule has 3 heterocycles. The van der Waals surface area contributed by atoms with E-state index in [4.69, 9.17) is 9.47 Å². The molecule has 1 saturated heterocycles. The van der Waals surface area contributed by atoms with E-state index in [1.807, 2.05) is 30.3 Å². The van der Waals surface area contributed by atoms with Crippen LogP contribution in [0.3, 0.4) is 0 Å². The lowest BCUT2D eigenvalue weighted by Crippen LogP contribution is -2.29. The number of fused-ring (bicyclic) bond motifs is 2. The van der Waals surface area contributed by atoms with Crippen LogP contribution in [0.15, 0.2) is 90.6 Å². The van der Waals surface area contributed by atoms with E-state index in [-0.39, 0.29) is 18.1 Å². The van der Waals surface area contributed by atoms with E-state index in [0.29, 0.717) is 28.4 Å². The summed E-state index contributed by atoms with van der Waals surface area (Å²) in [6.45, 7) is 0.0865. The molecule has 166 valence electrons. The summed E-state index contributed by atoms with van der Waals surface area (Å²) in [4.78, 5) is 32.3. The Morgan fingerprint density at radius 1 is 0.882 bits per heavy atom. The molecule has 0 saturated carbocycles. The Morgan fingerprint density at radius 2 is 1.68 bits per heavy atom. The van der Waals surface area contributed by atoms with Gasteiger partial charge in [-0.15, -0.1) is 0 Å². The predicted octanol–water partition coefficient (Wildman–Crippen LogP) is 4.59. The van der Waals surface area contributed by atoms with Crippen molar-refractivity contribution in [3.05, 3.63) is 102 Å². The van der Waals surface area contributed by atoms with Gasteiger partial charge in [-0.1, -0.05) is 42.5 Å². The summed E-state index contributed by atoms with van der Waals surface area (Å²) in [7, 11) is 0. The highest BCUT2D eigenvalue weighted by Gasteiger charge is 2.47. The van der Waals surface area contributed by atoms with Crippen LogP contribution in [0.25, 0.3) is 16.5 Å². The first-order valence-electron chi connectivity index (χ1n) is 10.7. The van der Waals surface area contributed by atoms with Crippen molar-refractivity contribution in [3.63, 3.8) is 0 Å². The van der Waals surface area contributed by atoms with E-state index in [1.165, 1.54) is 4.90 Å². The molecular weight excluding hydrogens is 432 g/mol. The van der Waals surface area contributed by atoms with Crippen molar-refractivity contribution >= 4 is 33.9 Å². The van der Waals surface area contributed by atoms with E-state index in [0.717, 1.165) is 10.8 Å². The summed E-state index contributed by atoms with van der Waals surface area (Å²) in [5, 5.41) is 13.2. The maximum Gasteiger partial charge on any atom is 0.300 e. The molecule has 0 radical (unpaired) electrons. The molecule has 1 unspecified atom stereocenters. The van der Waals surface area contributed by atoms with E-state index < -0.39 is 17.7 Å². The monoisotopic (exact) mass is 450 g/mol. The molecule has 1 aromatic heterocycles. The van der Waals surface area contributed by atoms with Gasteiger partial charge in [-0.2, -0.15) is 0 Å². The predicted molar refractivity (Wildman–Crippen MR) is 126 cm³/mol. The summed E-state index contributed by atoms with van der Waals surface area (Å²) in [6, 6.07) is 22.5. The van der Waals surface area contributed by atoms with Gasteiger partial charge in [-0.25, -0.2) is 0 Å². The molecule has 3 aromatic carbocycles. The lowest BCUT2D eigenvalue weighted by atomic mass is 9.97. The molecule has 1 amide bonds. The van der Waals surface area contributed by atoms with Crippen LogP contribution < -0.4 is 14.4 Å². The van der Waals surface area contributed by atoms with Crippen LogP contribution in [0.4, 0.5) is 5.69 Å². The normalized spacial score (nSPS) is 18.6. The van der Waals surface area contributed by atoms with Crippen LogP contribution in [0.5, 0.6) is 11.5 Å². The molecule has 1 fully saturated rings. The van der Waals surface area contributed by atoms with Gasteiger partial charge in [0.15, 0.2) is 11.5 Å². The van der Waals surface area contributed by atoms with Gasteiger partial charge < -0.3 is 14.6 Å². The minimum absolute atomic E-state index is 0.0170. The van der Waals surface area contributed by atoms with Gasteiger partial charge in [0.1, 0.15) is 11.8 Å². The number of pyridine rings is 1. The number of Topliss-reactive ketones (excluding diaryl/α,β-unsaturated/α-hetero) is 1. The maximum absolute atomic E-state index is 13.3. The van der Waals surface area contributed by atoms with Crippen molar-refractivity contribution in [2.45, 2.75) is 6.04 Å². The number of benzene rings is 3.